The van der Waals surface area contributed by atoms with Crippen LogP contribution in [0.2, 0.25) is 0 Å². The zero-order chi connectivity index (χ0) is 14.4. The van der Waals surface area contributed by atoms with Crippen LogP contribution < -0.4 is 0 Å². The van der Waals surface area contributed by atoms with E-state index in [0.717, 1.165) is 30.7 Å². The molecular weight excluding hydrogens is 280 g/mol. The van der Waals surface area contributed by atoms with Crippen molar-refractivity contribution in [1.82, 2.24) is 19.7 Å². The lowest BCUT2D eigenvalue weighted by atomic mass is 10.0. The molecule has 5 heteroatoms. The number of H-pyrrole nitrogens is 1. The number of aromatic amines is 1. The fraction of sp³-hybridized carbons (Fsp3) is 0.312. The van der Waals surface area contributed by atoms with Gasteiger partial charge in [0.2, 0.25) is 0 Å². The summed E-state index contributed by atoms with van der Waals surface area (Å²) in [6.45, 7) is 2.91. The number of nitrogens with zero attached hydrogens (tertiary/aromatic N) is 3. The quantitative estimate of drug-likeness (QED) is 0.734. The first-order valence-corrected chi connectivity index (χ1v) is 7.76. The minimum Gasteiger partial charge on any atom is -0.300 e. The third-order valence-corrected chi connectivity index (χ3v) is 4.53. The van der Waals surface area contributed by atoms with Gasteiger partial charge in [-0.25, -0.2) is 0 Å². The fourth-order valence-electron chi connectivity index (χ4n) is 3.27. The third-order valence-electron chi connectivity index (χ3n) is 4.22. The number of aromatic nitrogens is 4. The normalized spacial score (nSPS) is 13.8. The van der Waals surface area contributed by atoms with Crippen molar-refractivity contribution in [3.8, 4) is 11.4 Å². The molecule has 4 rings (SSSR count). The first-order chi connectivity index (χ1) is 10.3. The van der Waals surface area contributed by atoms with Crippen molar-refractivity contribution in [1.29, 1.82) is 0 Å². The first kappa shape index (κ1) is 12.7. The van der Waals surface area contributed by atoms with Gasteiger partial charge < -0.3 is 4.57 Å². The minimum atomic E-state index is 0.681. The van der Waals surface area contributed by atoms with Gasteiger partial charge in [0.05, 0.1) is 5.52 Å². The summed E-state index contributed by atoms with van der Waals surface area (Å²) < 4.78 is 2.75. The van der Waals surface area contributed by atoms with Gasteiger partial charge in [-0.1, -0.05) is 18.2 Å². The molecule has 1 N–H and O–H groups in total. The average Bonchev–Trinajstić information content (AvgIpc) is 3.10. The molecule has 3 aromatic rings. The molecule has 0 fully saturated rings. The van der Waals surface area contributed by atoms with E-state index in [2.05, 4.69) is 39.9 Å². The predicted octanol–water partition coefficient (Wildman–Crippen LogP) is 3.66. The molecule has 0 bridgehead atoms. The lowest BCUT2D eigenvalue weighted by Gasteiger charge is -2.12. The van der Waals surface area contributed by atoms with E-state index in [1.54, 1.807) is 0 Å². The maximum Gasteiger partial charge on any atom is 0.195 e. The van der Waals surface area contributed by atoms with Gasteiger partial charge in [-0.15, -0.1) is 0 Å². The number of fused-ring (bicyclic) bond motifs is 2. The van der Waals surface area contributed by atoms with E-state index in [4.69, 9.17) is 17.2 Å². The van der Waals surface area contributed by atoms with Crippen molar-refractivity contribution in [2.75, 3.05) is 0 Å². The predicted molar refractivity (Wildman–Crippen MR) is 85.8 cm³/mol. The van der Waals surface area contributed by atoms with Crippen LogP contribution in [0, 0.1) is 4.77 Å². The van der Waals surface area contributed by atoms with E-state index in [0.29, 0.717) is 4.77 Å². The highest BCUT2D eigenvalue weighted by Gasteiger charge is 2.23. The van der Waals surface area contributed by atoms with Gasteiger partial charge in [0.25, 0.3) is 0 Å². The molecule has 21 heavy (non-hydrogen) atoms. The SMILES string of the molecule is CCn1c(-c2c3c(nc4ccccc24)CCC3)n[nH]c1=S. The van der Waals surface area contributed by atoms with E-state index in [9.17, 15) is 0 Å². The third kappa shape index (κ3) is 1.84. The lowest BCUT2D eigenvalue weighted by Crippen LogP contribution is -2.02. The number of benzene rings is 1. The zero-order valence-electron chi connectivity index (χ0n) is 11.9. The molecule has 2 heterocycles. The fourth-order valence-corrected chi connectivity index (χ4v) is 3.53. The molecule has 2 aromatic heterocycles. The standard InChI is InChI=1S/C16H16N4S/c1-2-20-15(18-19-16(20)21)14-10-6-3-4-8-12(10)17-13-9-5-7-11(13)14/h3-4,6,8H,2,5,7,9H2,1H3,(H,19,21). The summed E-state index contributed by atoms with van der Waals surface area (Å²) in [7, 11) is 0. The van der Waals surface area contributed by atoms with Crippen molar-refractivity contribution in [3.63, 3.8) is 0 Å². The van der Waals surface area contributed by atoms with Gasteiger partial charge in [0.15, 0.2) is 10.6 Å². The Morgan fingerprint density at radius 2 is 2.14 bits per heavy atom. The van der Waals surface area contributed by atoms with Gasteiger partial charge in [-0.2, -0.15) is 5.10 Å². The molecule has 0 spiro atoms. The van der Waals surface area contributed by atoms with Crippen LogP contribution in [0.5, 0.6) is 0 Å². The number of para-hydroxylation sites is 1. The van der Waals surface area contributed by atoms with E-state index >= 15 is 0 Å². The number of aryl methyl sites for hydroxylation is 1. The second-order valence-electron chi connectivity index (χ2n) is 5.38. The summed E-state index contributed by atoms with van der Waals surface area (Å²) in [5, 5.41) is 8.61. The molecule has 0 aliphatic heterocycles. The smallest absolute Gasteiger partial charge is 0.195 e. The van der Waals surface area contributed by atoms with Gasteiger partial charge in [-0.05, 0) is 50.0 Å². The maximum atomic E-state index is 5.35. The average molecular weight is 296 g/mol. The second kappa shape index (κ2) is 4.77. The van der Waals surface area contributed by atoms with Gasteiger partial charge in [0, 0.05) is 23.2 Å². The van der Waals surface area contributed by atoms with Crippen LogP contribution in [0.4, 0.5) is 0 Å². The van der Waals surface area contributed by atoms with Gasteiger partial charge in [-0.3, -0.25) is 10.1 Å². The molecule has 0 radical (unpaired) electrons. The second-order valence-corrected chi connectivity index (χ2v) is 5.77. The molecule has 1 aromatic carbocycles. The topological polar surface area (TPSA) is 46.5 Å². The van der Waals surface area contributed by atoms with Crippen molar-refractivity contribution in [2.45, 2.75) is 32.7 Å². The Hall–Kier alpha value is -2.01. The Morgan fingerprint density at radius 3 is 3.00 bits per heavy atom. The highest BCUT2D eigenvalue weighted by Crippen LogP contribution is 2.36. The highest BCUT2D eigenvalue weighted by molar-refractivity contribution is 7.71. The summed E-state index contributed by atoms with van der Waals surface area (Å²) in [4.78, 5) is 4.83. The Labute approximate surface area is 127 Å². The van der Waals surface area contributed by atoms with Crippen LogP contribution in [0.1, 0.15) is 24.6 Å². The summed E-state index contributed by atoms with van der Waals surface area (Å²) in [6.07, 6.45) is 3.30. The van der Waals surface area contributed by atoms with Crippen molar-refractivity contribution < 1.29 is 0 Å². The molecule has 1 aliphatic rings. The van der Waals surface area contributed by atoms with Crippen LogP contribution >= 0.6 is 12.2 Å². The highest BCUT2D eigenvalue weighted by atomic mass is 32.1. The Morgan fingerprint density at radius 1 is 1.29 bits per heavy atom. The van der Waals surface area contributed by atoms with E-state index < -0.39 is 0 Å². The number of pyridine rings is 1. The largest absolute Gasteiger partial charge is 0.300 e. The molecule has 1 aliphatic carbocycles. The van der Waals surface area contributed by atoms with E-state index in [1.807, 2.05) is 6.07 Å². The Kier molecular flexibility index (Phi) is 2.89. The monoisotopic (exact) mass is 296 g/mol. The maximum absolute atomic E-state index is 5.35. The number of hydrogen-bond donors (Lipinski definition) is 1. The number of nitrogens with one attached hydrogen (secondary N) is 1. The summed E-state index contributed by atoms with van der Waals surface area (Å²) >= 11 is 5.35. The molecule has 4 nitrogen and oxygen atoms in total. The molecular formula is C16H16N4S. The Balaban J connectivity index is 2.14. The van der Waals surface area contributed by atoms with Crippen LogP contribution in [0.25, 0.3) is 22.3 Å². The van der Waals surface area contributed by atoms with Gasteiger partial charge >= 0.3 is 0 Å². The minimum absolute atomic E-state index is 0.681. The van der Waals surface area contributed by atoms with Crippen molar-refractivity contribution >= 4 is 23.1 Å². The molecule has 0 saturated carbocycles. The number of rotatable bonds is 2. The van der Waals surface area contributed by atoms with Crippen molar-refractivity contribution in [2.24, 2.45) is 0 Å². The summed E-state index contributed by atoms with van der Waals surface area (Å²) in [5.74, 6) is 0.944. The Bertz CT molecular complexity index is 891. The lowest BCUT2D eigenvalue weighted by molar-refractivity contribution is 0.755. The van der Waals surface area contributed by atoms with Crippen LogP contribution in [0.3, 0.4) is 0 Å². The van der Waals surface area contributed by atoms with E-state index in [1.165, 1.54) is 28.6 Å². The zero-order valence-corrected chi connectivity index (χ0v) is 12.7. The van der Waals surface area contributed by atoms with Crippen molar-refractivity contribution in [3.05, 3.63) is 40.3 Å². The molecule has 0 amide bonds. The molecule has 0 unspecified atom stereocenters. The van der Waals surface area contributed by atoms with Gasteiger partial charge in [0.1, 0.15) is 0 Å². The molecule has 0 atom stereocenters. The molecule has 106 valence electrons. The van der Waals surface area contributed by atoms with E-state index in [-0.39, 0.29) is 0 Å². The van der Waals surface area contributed by atoms with Crippen LogP contribution in [-0.2, 0) is 19.4 Å². The number of hydrogen-bond acceptors (Lipinski definition) is 3. The first-order valence-electron chi connectivity index (χ1n) is 7.35. The molecule has 0 saturated heterocycles. The van der Waals surface area contributed by atoms with Crippen LogP contribution in [-0.4, -0.2) is 19.7 Å². The van der Waals surface area contributed by atoms with Crippen LogP contribution in [0.15, 0.2) is 24.3 Å². The summed E-state index contributed by atoms with van der Waals surface area (Å²) in [6, 6.07) is 8.31. The summed E-state index contributed by atoms with van der Waals surface area (Å²) in [5.41, 5.74) is 4.82.